The fourth-order valence-electron chi connectivity index (χ4n) is 1.38. The second kappa shape index (κ2) is 7.83. The summed E-state index contributed by atoms with van der Waals surface area (Å²) in [6.07, 6.45) is -2.37. The van der Waals surface area contributed by atoms with E-state index in [1.165, 1.54) is 24.3 Å². The lowest BCUT2D eigenvalue weighted by Crippen LogP contribution is -2.18. The van der Waals surface area contributed by atoms with Crippen LogP contribution >= 0.6 is 0 Å². The minimum atomic E-state index is -2.74. The first-order valence-electron chi connectivity index (χ1n) is 5.77. The first-order chi connectivity index (χ1) is 9.95. The van der Waals surface area contributed by atoms with Crippen LogP contribution in [0.4, 0.5) is 19.3 Å². The second-order valence-corrected chi connectivity index (χ2v) is 3.70. The van der Waals surface area contributed by atoms with Crippen molar-refractivity contribution in [1.82, 2.24) is 0 Å². The Morgan fingerprint density at radius 1 is 1.43 bits per heavy atom. The molecule has 6 nitrogen and oxygen atoms in total. The number of para-hydroxylation sites is 1. The zero-order chi connectivity index (χ0) is 15.8. The molecule has 21 heavy (non-hydrogen) atoms. The molecule has 1 aromatic rings. The van der Waals surface area contributed by atoms with Crippen molar-refractivity contribution in [3.63, 3.8) is 0 Å². The molecule has 0 saturated heterocycles. The molecule has 0 heterocycles. The Balaban J connectivity index is 3.01. The molecule has 1 rings (SSSR count). The maximum atomic E-state index is 12.2. The Hall–Kier alpha value is -2.64. The van der Waals surface area contributed by atoms with Gasteiger partial charge in [-0.25, -0.2) is 18.4 Å². The number of carbonyl (C=O) groups is 2. The maximum absolute atomic E-state index is 12.2. The van der Waals surface area contributed by atoms with Crippen molar-refractivity contribution in [3.8, 4) is 5.75 Å². The number of rotatable bonds is 7. The van der Waals surface area contributed by atoms with E-state index < -0.39 is 25.1 Å². The predicted octanol–water partition coefficient (Wildman–Crippen LogP) is 2.76. The number of benzene rings is 1. The van der Waals surface area contributed by atoms with E-state index in [0.717, 1.165) is 0 Å². The average Bonchev–Trinajstić information content (AvgIpc) is 2.43. The zero-order valence-electron chi connectivity index (χ0n) is 10.8. The second-order valence-electron chi connectivity index (χ2n) is 3.70. The standard InChI is InChI=1S/C13H13F2NO5/c1-2-6-20-13(19)16-11-8(12(17)18)4-3-5-9(11)21-7-10(14)15/h2-5,10H,1,6-7H2,(H,16,19)(H,17,18). The Morgan fingerprint density at radius 2 is 2.14 bits per heavy atom. The van der Waals surface area contributed by atoms with Gasteiger partial charge in [0.2, 0.25) is 0 Å². The van der Waals surface area contributed by atoms with Crippen LogP contribution in [0.2, 0.25) is 0 Å². The summed E-state index contributed by atoms with van der Waals surface area (Å²) in [7, 11) is 0. The van der Waals surface area contributed by atoms with Crippen LogP contribution in [0, 0.1) is 0 Å². The third-order valence-corrected chi connectivity index (χ3v) is 2.18. The van der Waals surface area contributed by atoms with Crippen LogP contribution in [0.15, 0.2) is 30.9 Å². The predicted molar refractivity (Wildman–Crippen MR) is 70.1 cm³/mol. The molecular formula is C13H13F2NO5. The summed E-state index contributed by atoms with van der Waals surface area (Å²) in [5, 5.41) is 11.2. The number of carboxylic acids is 1. The Morgan fingerprint density at radius 3 is 2.71 bits per heavy atom. The van der Waals surface area contributed by atoms with Crippen LogP contribution in [-0.4, -0.2) is 36.8 Å². The fourth-order valence-corrected chi connectivity index (χ4v) is 1.38. The monoisotopic (exact) mass is 301 g/mol. The smallest absolute Gasteiger partial charge is 0.412 e. The Bertz CT molecular complexity index is 533. The van der Waals surface area contributed by atoms with Gasteiger partial charge in [-0.15, -0.1) is 0 Å². The zero-order valence-corrected chi connectivity index (χ0v) is 10.8. The third-order valence-electron chi connectivity index (χ3n) is 2.18. The van der Waals surface area contributed by atoms with E-state index >= 15 is 0 Å². The van der Waals surface area contributed by atoms with Crippen molar-refractivity contribution in [2.75, 3.05) is 18.5 Å². The highest BCUT2D eigenvalue weighted by Gasteiger charge is 2.18. The van der Waals surface area contributed by atoms with Crippen molar-refractivity contribution < 1.29 is 33.0 Å². The molecule has 8 heteroatoms. The highest BCUT2D eigenvalue weighted by Crippen LogP contribution is 2.29. The number of ether oxygens (including phenoxy) is 2. The summed E-state index contributed by atoms with van der Waals surface area (Å²) < 4.78 is 33.8. The number of amides is 1. The van der Waals surface area contributed by atoms with E-state index in [-0.39, 0.29) is 23.6 Å². The van der Waals surface area contributed by atoms with Gasteiger partial charge in [-0.2, -0.15) is 0 Å². The van der Waals surface area contributed by atoms with E-state index in [0.29, 0.717) is 0 Å². The van der Waals surface area contributed by atoms with Gasteiger partial charge in [-0.3, -0.25) is 5.32 Å². The lowest BCUT2D eigenvalue weighted by Gasteiger charge is -2.14. The molecule has 0 aliphatic heterocycles. The number of hydrogen-bond donors (Lipinski definition) is 2. The molecule has 0 unspecified atom stereocenters. The first-order valence-corrected chi connectivity index (χ1v) is 5.77. The molecule has 0 fully saturated rings. The molecule has 0 atom stereocenters. The van der Waals surface area contributed by atoms with E-state index in [1.54, 1.807) is 0 Å². The summed E-state index contributed by atoms with van der Waals surface area (Å²) in [6.45, 7) is 2.32. The van der Waals surface area contributed by atoms with Crippen LogP contribution in [0.3, 0.4) is 0 Å². The van der Waals surface area contributed by atoms with Crippen LogP contribution in [0.5, 0.6) is 5.75 Å². The fraction of sp³-hybridized carbons (Fsp3) is 0.231. The van der Waals surface area contributed by atoms with Gasteiger partial charge in [0.15, 0.2) is 0 Å². The number of alkyl halides is 2. The van der Waals surface area contributed by atoms with E-state index in [9.17, 15) is 18.4 Å². The van der Waals surface area contributed by atoms with Crippen molar-refractivity contribution >= 4 is 17.7 Å². The van der Waals surface area contributed by atoms with Gasteiger partial charge in [-0.05, 0) is 12.1 Å². The molecule has 0 spiro atoms. The molecular weight excluding hydrogens is 288 g/mol. The lowest BCUT2D eigenvalue weighted by atomic mass is 10.1. The van der Waals surface area contributed by atoms with Crippen molar-refractivity contribution in [1.29, 1.82) is 0 Å². The van der Waals surface area contributed by atoms with Crippen molar-refractivity contribution in [3.05, 3.63) is 36.4 Å². The Labute approximate surface area is 119 Å². The van der Waals surface area contributed by atoms with E-state index in [2.05, 4.69) is 16.6 Å². The number of nitrogens with one attached hydrogen (secondary N) is 1. The minimum absolute atomic E-state index is 0.0890. The summed E-state index contributed by atoms with van der Waals surface area (Å²) in [5.41, 5.74) is -0.558. The van der Waals surface area contributed by atoms with Crippen molar-refractivity contribution in [2.24, 2.45) is 0 Å². The third kappa shape index (κ3) is 5.09. The molecule has 1 aromatic carbocycles. The summed E-state index contributed by atoms with van der Waals surface area (Å²) in [5.74, 6) is -1.54. The highest BCUT2D eigenvalue weighted by molar-refractivity contribution is 6.00. The minimum Gasteiger partial charge on any atom is -0.485 e. The van der Waals surface area contributed by atoms with Gasteiger partial charge in [0.25, 0.3) is 6.43 Å². The molecule has 114 valence electrons. The largest absolute Gasteiger partial charge is 0.485 e. The number of aromatic carboxylic acids is 1. The number of carboxylic acid groups (broad SMARTS) is 1. The molecule has 0 radical (unpaired) electrons. The van der Waals surface area contributed by atoms with Gasteiger partial charge >= 0.3 is 12.1 Å². The van der Waals surface area contributed by atoms with E-state index in [1.807, 2.05) is 0 Å². The molecule has 2 N–H and O–H groups in total. The topological polar surface area (TPSA) is 84.9 Å². The summed E-state index contributed by atoms with van der Waals surface area (Å²) in [4.78, 5) is 22.6. The molecule has 0 saturated carbocycles. The van der Waals surface area contributed by atoms with Gasteiger partial charge in [-0.1, -0.05) is 18.7 Å². The van der Waals surface area contributed by atoms with Crippen LogP contribution < -0.4 is 10.1 Å². The molecule has 0 aromatic heterocycles. The number of halogens is 2. The van der Waals surface area contributed by atoms with Gasteiger partial charge < -0.3 is 14.6 Å². The Kier molecular flexibility index (Phi) is 6.12. The highest BCUT2D eigenvalue weighted by atomic mass is 19.3. The molecule has 0 bridgehead atoms. The first kappa shape index (κ1) is 16.4. The van der Waals surface area contributed by atoms with Gasteiger partial charge in [0, 0.05) is 0 Å². The quantitative estimate of drug-likeness (QED) is 0.756. The summed E-state index contributed by atoms with van der Waals surface area (Å²) in [6, 6.07) is 3.77. The maximum Gasteiger partial charge on any atom is 0.412 e. The molecule has 1 amide bonds. The molecule has 0 aliphatic rings. The average molecular weight is 301 g/mol. The van der Waals surface area contributed by atoms with Gasteiger partial charge in [0.1, 0.15) is 24.7 Å². The van der Waals surface area contributed by atoms with Crippen molar-refractivity contribution in [2.45, 2.75) is 6.43 Å². The lowest BCUT2D eigenvalue weighted by molar-refractivity contribution is 0.0696. The summed E-state index contributed by atoms with van der Waals surface area (Å²) >= 11 is 0. The van der Waals surface area contributed by atoms with Crippen LogP contribution in [0.25, 0.3) is 0 Å². The normalized spacial score (nSPS) is 10.0. The number of anilines is 1. The number of hydrogen-bond acceptors (Lipinski definition) is 4. The molecule has 0 aliphatic carbocycles. The SMILES string of the molecule is C=CCOC(=O)Nc1c(OCC(F)F)cccc1C(=O)O. The number of carbonyl (C=O) groups excluding carboxylic acids is 1. The van der Waals surface area contributed by atoms with Crippen LogP contribution in [0.1, 0.15) is 10.4 Å². The van der Waals surface area contributed by atoms with Gasteiger partial charge in [0.05, 0.1) is 5.56 Å². The van der Waals surface area contributed by atoms with E-state index in [4.69, 9.17) is 9.84 Å². The van der Waals surface area contributed by atoms with Crippen LogP contribution in [-0.2, 0) is 4.74 Å².